The van der Waals surface area contributed by atoms with E-state index >= 15 is 0 Å². The molecule has 1 aromatic heterocycles. The molecule has 0 saturated carbocycles. The third kappa shape index (κ3) is 4.75. The number of benzene rings is 10. The second kappa shape index (κ2) is 11.7. The molecule has 57 heavy (non-hydrogen) atoms. The molecule has 0 radical (unpaired) electrons. The van der Waals surface area contributed by atoms with Crippen LogP contribution in [0.25, 0.3) is 103 Å². The molecule has 1 heteroatoms. The van der Waals surface area contributed by atoms with Gasteiger partial charge < -0.3 is 4.57 Å². The van der Waals surface area contributed by atoms with Crippen molar-refractivity contribution < 1.29 is 0 Å². The highest BCUT2D eigenvalue weighted by atomic mass is 15.0. The molecule has 0 fully saturated rings. The molecule has 0 aliphatic carbocycles. The molecule has 1 heterocycles. The summed E-state index contributed by atoms with van der Waals surface area (Å²) in [4.78, 5) is 0. The van der Waals surface area contributed by atoms with E-state index in [-0.39, 0.29) is 10.8 Å². The average molecular weight is 734 g/mol. The fourth-order valence-corrected chi connectivity index (χ4v) is 10.7. The first-order valence-corrected chi connectivity index (χ1v) is 20.5. The van der Waals surface area contributed by atoms with Crippen molar-refractivity contribution >= 4 is 86.3 Å². The number of aryl methyl sites for hydroxylation is 1. The van der Waals surface area contributed by atoms with Crippen molar-refractivity contribution in [1.29, 1.82) is 0 Å². The van der Waals surface area contributed by atoms with Crippen molar-refractivity contribution in [1.82, 2.24) is 4.57 Å². The summed E-state index contributed by atoms with van der Waals surface area (Å²) in [6.07, 6.45) is 0. The fraction of sp³-hybridized carbons (Fsp3) is 0.179. The van der Waals surface area contributed by atoms with E-state index in [0.29, 0.717) is 0 Å². The summed E-state index contributed by atoms with van der Waals surface area (Å²) in [5, 5.41) is 19.8. The van der Waals surface area contributed by atoms with Gasteiger partial charge in [0.1, 0.15) is 0 Å². The Morgan fingerprint density at radius 2 is 0.895 bits per heavy atom. The normalized spacial score (nSPS) is 12.9. The third-order valence-electron chi connectivity index (χ3n) is 13.1. The lowest BCUT2D eigenvalue weighted by Gasteiger charge is -2.30. The van der Waals surface area contributed by atoms with Gasteiger partial charge in [-0.3, -0.25) is 0 Å². The second-order valence-electron chi connectivity index (χ2n) is 18.6. The van der Waals surface area contributed by atoms with Gasteiger partial charge in [-0.15, -0.1) is 0 Å². The summed E-state index contributed by atoms with van der Waals surface area (Å²) in [6.45, 7) is 18.7. The van der Waals surface area contributed by atoms with Crippen LogP contribution in [0.15, 0.2) is 140 Å². The summed E-state index contributed by atoms with van der Waals surface area (Å²) in [7, 11) is 0. The summed E-state index contributed by atoms with van der Waals surface area (Å²) >= 11 is 0. The Labute approximate surface area is 334 Å². The van der Waals surface area contributed by atoms with Crippen molar-refractivity contribution in [2.24, 2.45) is 0 Å². The summed E-state index contributed by atoms with van der Waals surface area (Å²) in [5.41, 5.74) is 10.5. The predicted octanol–water partition coefficient (Wildman–Crippen LogP) is 16.0. The molecule has 0 unspecified atom stereocenters. The number of hydrogen-bond donors (Lipinski definition) is 0. The van der Waals surface area contributed by atoms with E-state index in [0.717, 1.165) is 0 Å². The van der Waals surface area contributed by atoms with E-state index in [2.05, 4.69) is 199 Å². The summed E-state index contributed by atoms with van der Waals surface area (Å²) in [6, 6.07) is 53.2. The van der Waals surface area contributed by atoms with Crippen molar-refractivity contribution in [2.75, 3.05) is 0 Å². The Kier molecular flexibility index (Phi) is 6.99. The number of aromatic nitrogens is 1. The monoisotopic (exact) mass is 733 g/mol. The highest BCUT2D eigenvalue weighted by molar-refractivity contribution is 6.25. The molecular formula is C56H47N. The van der Waals surface area contributed by atoms with Gasteiger partial charge in [-0.05, 0) is 129 Å². The Morgan fingerprint density at radius 1 is 0.386 bits per heavy atom. The lowest BCUT2D eigenvalue weighted by atomic mass is 9.73. The van der Waals surface area contributed by atoms with Crippen LogP contribution >= 0.6 is 0 Å². The summed E-state index contributed by atoms with van der Waals surface area (Å²) in [5.74, 6) is 0. The van der Waals surface area contributed by atoms with Crippen LogP contribution in [-0.2, 0) is 10.8 Å². The van der Waals surface area contributed by atoms with Crippen LogP contribution in [0.3, 0.4) is 0 Å². The SMILES string of the molecule is Cc1c(C)n(-c2ccc3ccc4cccc5ccc2c3c45)c2c1ccc1c3cccc(-c4ccc5c(C(C)(C)C)c6ccccc6c(C(C)(C)C)c5c4)c3ccc12. The molecule has 0 amide bonds. The Hall–Kier alpha value is -6.18. The maximum Gasteiger partial charge on any atom is 0.0612 e. The fourth-order valence-electron chi connectivity index (χ4n) is 10.7. The van der Waals surface area contributed by atoms with Gasteiger partial charge in [0.2, 0.25) is 0 Å². The molecule has 0 N–H and O–H groups in total. The van der Waals surface area contributed by atoms with Gasteiger partial charge in [-0.25, -0.2) is 0 Å². The van der Waals surface area contributed by atoms with E-state index in [1.54, 1.807) is 0 Å². The minimum absolute atomic E-state index is 0.00848. The minimum atomic E-state index is -0.0346. The van der Waals surface area contributed by atoms with Crippen LogP contribution in [0.4, 0.5) is 0 Å². The second-order valence-corrected chi connectivity index (χ2v) is 18.6. The highest BCUT2D eigenvalue weighted by Gasteiger charge is 2.28. The molecule has 0 aliphatic heterocycles. The van der Waals surface area contributed by atoms with Crippen molar-refractivity contribution in [3.05, 3.63) is 162 Å². The minimum Gasteiger partial charge on any atom is -0.312 e. The van der Waals surface area contributed by atoms with E-state index < -0.39 is 0 Å². The zero-order valence-corrected chi connectivity index (χ0v) is 34.2. The molecule has 11 aromatic rings. The van der Waals surface area contributed by atoms with Gasteiger partial charge in [-0.2, -0.15) is 0 Å². The topological polar surface area (TPSA) is 4.93 Å². The first kappa shape index (κ1) is 34.1. The average Bonchev–Trinajstić information content (AvgIpc) is 3.46. The maximum absolute atomic E-state index is 2.54. The predicted molar refractivity (Wildman–Crippen MR) is 249 cm³/mol. The zero-order chi connectivity index (χ0) is 39.1. The van der Waals surface area contributed by atoms with E-state index in [1.165, 1.54) is 126 Å². The van der Waals surface area contributed by atoms with Crippen molar-refractivity contribution in [2.45, 2.75) is 66.2 Å². The number of rotatable bonds is 2. The van der Waals surface area contributed by atoms with Crippen LogP contribution in [0.2, 0.25) is 0 Å². The Morgan fingerprint density at radius 3 is 1.61 bits per heavy atom. The van der Waals surface area contributed by atoms with Crippen LogP contribution in [0.5, 0.6) is 0 Å². The van der Waals surface area contributed by atoms with E-state index in [1.807, 2.05) is 0 Å². The zero-order valence-electron chi connectivity index (χ0n) is 34.2. The number of hydrogen-bond acceptors (Lipinski definition) is 0. The standard InChI is InChI=1S/C56H47N/c1-32-33(2)57(49-30-23-36-20-19-34-13-11-14-35-21-25-47(49)51(36)50(34)35)54-38(32)26-27-42-40-18-12-17-39(41(40)28-29-46(42)54)37-22-24-45-48(31-37)53(56(6,7)8)44-16-10-9-15-43(44)52(45)55(3,4)5/h9-31H,1-8H3. The van der Waals surface area contributed by atoms with Gasteiger partial charge in [-0.1, -0.05) is 169 Å². The Bertz CT molecular complexity index is 3470. The lowest BCUT2D eigenvalue weighted by Crippen LogP contribution is -2.17. The quantitative estimate of drug-likeness (QED) is 0.123. The summed E-state index contributed by atoms with van der Waals surface area (Å²) < 4.78 is 2.54. The highest BCUT2D eigenvalue weighted by Crippen LogP contribution is 2.47. The number of fused-ring (bicyclic) bond motifs is 7. The van der Waals surface area contributed by atoms with Crippen LogP contribution in [0, 0.1) is 13.8 Å². The van der Waals surface area contributed by atoms with Crippen molar-refractivity contribution in [3.8, 4) is 16.8 Å². The van der Waals surface area contributed by atoms with Crippen LogP contribution in [0.1, 0.15) is 63.9 Å². The van der Waals surface area contributed by atoms with Gasteiger partial charge in [0.15, 0.2) is 0 Å². The van der Waals surface area contributed by atoms with E-state index in [9.17, 15) is 0 Å². The first-order valence-electron chi connectivity index (χ1n) is 20.5. The number of nitrogens with zero attached hydrogens (tertiary/aromatic N) is 1. The lowest BCUT2D eigenvalue weighted by molar-refractivity contribution is 0.593. The molecular weight excluding hydrogens is 687 g/mol. The molecule has 0 saturated heterocycles. The van der Waals surface area contributed by atoms with Crippen LogP contribution in [-0.4, -0.2) is 4.57 Å². The molecule has 1 nitrogen and oxygen atoms in total. The molecule has 11 rings (SSSR count). The molecule has 0 aliphatic rings. The third-order valence-corrected chi connectivity index (χ3v) is 13.1. The van der Waals surface area contributed by atoms with Crippen molar-refractivity contribution in [3.63, 3.8) is 0 Å². The smallest absolute Gasteiger partial charge is 0.0612 e. The maximum atomic E-state index is 2.54. The first-order chi connectivity index (χ1) is 27.4. The van der Waals surface area contributed by atoms with Gasteiger partial charge in [0.25, 0.3) is 0 Å². The van der Waals surface area contributed by atoms with Gasteiger partial charge in [0, 0.05) is 21.9 Å². The molecule has 0 spiro atoms. The molecule has 0 bridgehead atoms. The molecule has 0 atom stereocenters. The Balaban J connectivity index is 1.17. The molecule has 276 valence electrons. The van der Waals surface area contributed by atoms with Crippen LogP contribution < -0.4 is 0 Å². The largest absolute Gasteiger partial charge is 0.312 e. The van der Waals surface area contributed by atoms with Gasteiger partial charge in [0.05, 0.1) is 11.2 Å². The molecule has 10 aromatic carbocycles. The van der Waals surface area contributed by atoms with Gasteiger partial charge >= 0.3 is 0 Å². The van der Waals surface area contributed by atoms with E-state index in [4.69, 9.17) is 0 Å².